The highest BCUT2D eigenvalue weighted by Gasteiger charge is 2.27. The summed E-state index contributed by atoms with van der Waals surface area (Å²) in [5, 5.41) is 0. The molecule has 0 aliphatic carbocycles. The van der Waals surface area contributed by atoms with Gasteiger partial charge in [-0.3, -0.25) is 4.79 Å². The Morgan fingerprint density at radius 2 is 1.51 bits per heavy atom. The molecule has 2 aromatic carbocycles. The fourth-order valence-electron chi connectivity index (χ4n) is 4.78. The topological polar surface area (TPSA) is 95.9 Å². The van der Waals surface area contributed by atoms with Gasteiger partial charge in [0, 0.05) is 56.5 Å². The number of hydrogen-bond acceptors (Lipinski definition) is 7. The molecule has 3 heterocycles. The summed E-state index contributed by atoms with van der Waals surface area (Å²) in [6.07, 6.45) is 4.40. The van der Waals surface area contributed by atoms with Crippen LogP contribution in [-0.4, -0.2) is 79.9 Å². The molecule has 0 saturated carbocycles. The summed E-state index contributed by atoms with van der Waals surface area (Å²) in [7, 11) is -1.87. The fourth-order valence-corrected chi connectivity index (χ4v) is 6.30. The van der Waals surface area contributed by atoms with Crippen molar-refractivity contribution < 1.29 is 17.9 Å². The summed E-state index contributed by atoms with van der Waals surface area (Å²) in [5.74, 6) is 1.51. The second-order valence-electron chi connectivity index (χ2n) is 9.26. The highest BCUT2D eigenvalue weighted by molar-refractivity contribution is 7.89. The van der Waals surface area contributed by atoms with E-state index in [1.165, 1.54) is 0 Å². The summed E-state index contributed by atoms with van der Waals surface area (Å²) in [4.78, 5) is 26.2. The SMILES string of the molecule is COc1ccc(-c2cc(N3CCN(C(=O)c4ccc(S(=O)(=O)N5CCCCC5)cc4)CC3)ncn2)cc1. The lowest BCUT2D eigenvalue weighted by Crippen LogP contribution is -2.49. The molecule has 0 atom stereocenters. The van der Waals surface area contributed by atoms with Gasteiger partial charge in [-0.05, 0) is 61.4 Å². The van der Waals surface area contributed by atoms with Gasteiger partial charge in [0.05, 0.1) is 17.7 Å². The number of carbonyl (C=O) groups is 1. The predicted molar refractivity (Wildman–Crippen MR) is 141 cm³/mol. The van der Waals surface area contributed by atoms with Gasteiger partial charge in [0.2, 0.25) is 10.0 Å². The number of amides is 1. The van der Waals surface area contributed by atoms with Crippen molar-refractivity contribution in [2.45, 2.75) is 24.2 Å². The summed E-state index contributed by atoms with van der Waals surface area (Å²) in [6, 6.07) is 16.0. The third kappa shape index (κ3) is 5.45. The van der Waals surface area contributed by atoms with E-state index in [0.29, 0.717) is 44.8 Å². The molecular formula is C27H31N5O4S. The molecule has 5 rings (SSSR count). The molecule has 2 saturated heterocycles. The zero-order valence-electron chi connectivity index (χ0n) is 20.9. The molecule has 37 heavy (non-hydrogen) atoms. The number of hydrogen-bond donors (Lipinski definition) is 0. The predicted octanol–water partition coefficient (Wildman–Crippen LogP) is 3.29. The molecule has 9 nitrogen and oxygen atoms in total. The highest BCUT2D eigenvalue weighted by atomic mass is 32.2. The van der Waals surface area contributed by atoms with E-state index in [2.05, 4.69) is 14.9 Å². The molecule has 3 aromatic rings. The molecule has 2 aliphatic rings. The minimum Gasteiger partial charge on any atom is -0.497 e. The van der Waals surface area contributed by atoms with Crippen LogP contribution in [0, 0.1) is 0 Å². The van der Waals surface area contributed by atoms with Gasteiger partial charge in [-0.1, -0.05) is 6.42 Å². The number of methoxy groups -OCH3 is 1. The molecule has 1 amide bonds. The standard InChI is InChI=1S/C27H31N5O4S/c1-36-23-9-5-21(6-10-23)25-19-26(29-20-28-25)30-15-17-31(18-16-30)27(33)22-7-11-24(12-8-22)37(34,35)32-13-3-2-4-14-32/h5-12,19-20H,2-4,13-18H2,1H3. The van der Waals surface area contributed by atoms with Gasteiger partial charge in [0.25, 0.3) is 5.91 Å². The van der Waals surface area contributed by atoms with Crippen molar-refractivity contribution in [3.63, 3.8) is 0 Å². The van der Waals surface area contributed by atoms with Crippen molar-refractivity contribution >= 4 is 21.7 Å². The Hall–Kier alpha value is -3.50. The van der Waals surface area contributed by atoms with Crippen LogP contribution in [0.15, 0.2) is 65.8 Å². The molecule has 10 heteroatoms. The van der Waals surface area contributed by atoms with Crippen LogP contribution in [0.3, 0.4) is 0 Å². The Kier molecular flexibility index (Phi) is 7.38. The van der Waals surface area contributed by atoms with E-state index in [-0.39, 0.29) is 10.8 Å². The molecule has 194 valence electrons. The van der Waals surface area contributed by atoms with Crippen LogP contribution in [0.4, 0.5) is 5.82 Å². The Balaban J connectivity index is 1.21. The second-order valence-corrected chi connectivity index (χ2v) is 11.2. The summed E-state index contributed by atoms with van der Waals surface area (Å²) >= 11 is 0. The number of carbonyl (C=O) groups excluding carboxylic acids is 1. The smallest absolute Gasteiger partial charge is 0.253 e. The number of aromatic nitrogens is 2. The van der Waals surface area contributed by atoms with Crippen LogP contribution in [0.25, 0.3) is 11.3 Å². The Morgan fingerprint density at radius 1 is 0.838 bits per heavy atom. The van der Waals surface area contributed by atoms with E-state index in [1.807, 2.05) is 30.3 Å². The Morgan fingerprint density at radius 3 is 2.16 bits per heavy atom. The number of nitrogens with zero attached hydrogens (tertiary/aromatic N) is 5. The van der Waals surface area contributed by atoms with Crippen molar-refractivity contribution in [3.05, 3.63) is 66.5 Å². The summed E-state index contributed by atoms with van der Waals surface area (Å²) in [6.45, 7) is 3.50. The summed E-state index contributed by atoms with van der Waals surface area (Å²) in [5.41, 5.74) is 2.30. The van der Waals surface area contributed by atoms with E-state index < -0.39 is 10.0 Å². The van der Waals surface area contributed by atoms with Gasteiger partial charge in [-0.25, -0.2) is 18.4 Å². The van der Waals surface area contributed by atoms with Crippen molar-refractivity contribution in [2.75, 3.05) is 51.3 Å². The molecule has 0 radical (unpaired) electrons. The first-order valence-corrected chi connectivity index (χ1v) is 14.0. The Bertz CT molecular complexity index is 1330. The maximum absolute atomic E-state index is 13.1. The van der Waals surface area contributed by atoms with E-state index >= 15 is 0 Å². The molecule has 0 bridgehead atoms. The van der Waals surface area contributed by atoms with E-state index in [4.69, 9.17) is 4.74 Å². The monoisotopic (exact) mass is 521 g/mol. The fraction of sp³-hybridized carbons (Fsp3) is 0.370. The molecule has 0 spiro atoms. The lowest BCUT2D eigenvalue weighted by molar-refractivity contribution is 0.0746. The molecular weight excluding hydrogens is 490 g/mol. The number of piperidine rings is 1. The van der Waals surface area contributed by atoms with Crippen LogP contribution >= 0.6 is 0 Å². The zero-order valence-corrected chi connectivity index (χ0v) is 21.7. The number of benzene rings is 2. The van der Waals surface area contributed by atoms with Crippen LogP contribution in [0.5, 0.6) is 5.75 Å². The van der Waals surface area contributed by atoms with Gasteiger partial charge >= 0.3 is 0 Å². The van der Waals surface area contributed by atoms with Crippen LogP contribution < -0.4 is 9.64 Å². The number of anilines is 1. The molecule has 0 N–H and O–H groups in total. The minimum absolute atomic E-state index is 0.0943. The third-order valence-electron chi connectivity index (χ3n) is 6.98. The maximum Gasteiger partial charge on any atom is 0.253 e. The van der Waals surface area contributed by atoms with E-state index in [9.17, 15) is 13.2 Å². The van der Waals surface area contributed by atoms with Crippen LogP contribution in [-0.2, 0) is 10.0 Å². The van der Waals surface area contributed by atoms with Crippen LogP contribution in [0.2, 0.25) is 0 Å². The van der Waals surface area contributed by atoms with Crippen molar-refractivity contribution in [3.8, 4) is 17.0 Å². The minimum atomic E-state index is -3.51. The second kappa shape index (κ2) is 10.9. The third-order valence-corrected chi connectivity index (χ3v) is 8.90. The zero-order chi connectivity index (χ0) is 25.8. The Labute approximate surface area is 217 Å². The normalized spacial score (nSPS) is 17.0. The van der Waals surface area contributed by atoms with Crippen LogP contribution in [0.1, 0.15) is 29.6 Å². The highest BCUT2D eigenvalue weighted by Crippen LogP contribution is 2.25. The molecule has 0 unspecified atom stereocenters. The van der Waals surface area contributed by atoms with Crippen molar-refractivity contribution in [1.29, 1.82) is 0 Å². The number of ether oxygens (including phenoxy) is 1. The van der Waals surface area contributed by atoms with Gasteiger partial charge in [0.1, 0.15) is 17.9 Å². The first kappa shape index (κ1) is 25.2. The van der Waals surface area contributed by atoms with Gasteiger partial charge in [-0.2, -0.15) is 4.31 Å². The lowest BCUT2D eigenvalue weighted by Gasteiger charge is -2.35. The van der Waals surface area contributed by atoms with E-state index in [0.717, 1.165) is 42.1 Å². The van der Waals surface area contributed by atoms with Crippen molar-refractivity contribution in [1.82, 2.24) is 19.2 Å². The first-order chi connectivity index (χ1) is 18.0. The van der Waals surface area contributed by atoms with Gasteiger partial charge in [0.15, 0.2) is 0 Å². The van der Waals surface area contributed by atoms with Crippen molar-refractivity contribution in [2.24, 2.45) is 0 Å². The molecule has 2 aliphatic heterocycles. The first-order valence-electron chi connectivity index (χ1n) is 12.6. The van der Waals surface area contributed by atoms with Gasteiger partial charge < -0.3 is 14.5 Å². The van der Waals surface area contributed by atoms with Gasteiger partial charge in [-0.15, -0.1) is 0 Å². The molecule has 1 aromatic heterocycles. The average molecular weight is 522 g/mol. The molecule has 2 fully saturated rings. The lowest BCUT2D eigenvalue weighted by atomic mass is 10.1. The number of piperazine rings is 1. The average Bonchev–Trinajstić information content (AvgIpc) is 2.97. The summed E-state index contributed by atoms with van der Waals surface area (Å²) < 4.78 is 32.6. The largest absolute Gasteiger partial charge is 0.497 e. The maximum atomic E-state index is 13.1. The quantitative estimate of drug-likeness (QED) is 0.491. The van der Waals surface area contributed by atoms with E-state index in [1.54, 1.807) is 46.9 Å². The number of rotatable bonds is 6. The number of sulfonamides is 1.